The zero-order valence-electron chi connectivity index (χ0n) is 16.1. The summed E-state index contributed by atoms with van der Waals surface area (Å²) in [7, 11) is 1.73. The molecule has 2 saturated heterocycles. The molecule has 142 valence electrons. The number of piperidine rings is 1. The molecule has 2 aliphatic rings. The number of benzene rings is 2. The summed E-state index contributed by atoms with van der Waals surface area (Å²) >= 11 is 0. The molecular weight excluding hydrogens is 346 g/mol. The van der Waals surface area contributed by atoms with Crippen LogP contribution in [0, 0.1) is 0 Å². The summed E-state index contributed by atoms with van der Waals surface area (Å²) in [6.45, 7) is 3.09. The first-order chi connectivity index (χ1) is 13.8. The Morgan fingerprint density at radius 2 is 1.68 bits per heavy atom. The minimum Gasteiger partial charge on any atom is -0.497 e. The van der Waals surface area contributed by atoms with Gasteiger partial charge in [-0.05, 0) is 46.5 Å². The summed E-state index contributed by atoms with van der Waals surface area (Å²) in [5.41, 5.74) is 5.25. The number of rotatable bonds is 5. The van der Waals surface area contributed by atoms with Gasteiger partial charge in [-0.1, -0.05) is 36.4 Å². The second-order valence-electron chi connectivity index (χ2n) is 7.70. The van der Waals surface area contributed by atoms with Gasteiger partial charge in [-0.3, -0.25) is 9.88 Å². The largest absolute Gasteiger partial charge is 0.497 e. The second kappa shape index (κ2) is 7.38. The van der Waals surface area contributed by atoms with E-state index in [9.17, 15) is 0 Å². The van der Waals surface area contributed by atoms with Crippen LogP contribution >= 0.6 is 0 Å². The molecule has 28 heavy (non-hydrogen) atoms. The van der Waals surface area contributed by atoms with E-state index in [1.807, 2.05) is 18.5 Å². The van der Waals surface area contributed by atoms with Crippen molar-refractivity contribution in [1.29, 1.82) is 0 Å². The summed E-state index contributed by atoms with van der Waals surface area (Å²) in [6.07, 6.45) is 3.70. The maximum Gasteiger partial charge on any atom is 0.119 e. The first-order valence-electron chi connectivity index (χ1n) is 9.93. The van der Waals surface area contributed by atoms with Gasteiger partial charge < -0.3 is 10.1 Å². The lowest BCUT2D eigenvalue weighted by Gasteiger charge is -2.59. The van der Waals surface area contributed by atoms with Gasteiger partial charge in [0.2, 0.25) is 0 Å². The summed E-state index contributed by atoms with van der Waals surface area (Å²) in [6, 6.07) is 22.8. The Hall–Kier alpha value is -2.69. The zero-order chi connectivity index (χ0) is 18.9. The highest BCUT2D eigenvalue weighted by Crippen LogP contribution is 2.43. The highest BCUT2D eigenvalue weighted by atomic mass is 16.5. The van der Waals surface area contributed by atoms with Gasteiger partial charge in [-0.2, -0.15) is 0 Å². The molecule has 3 aromatic rings. The molecule has 2 bridgehead atoms. The van der Waals surface area contributed by atoms with Crippen molar-refractivity contribution < 1.29 is 4.74 Å². The molecule has 0 spiro atoms. The molecule has 1 N–H and O–H groups in total. The summed E-state index contributed by atoms with van der Waals surface area (Å²) in [5.74, 6) is 1.54. The molecule has 0 saturated carbocycles. The molecule has 4 nitrogen and oxygen atoms in total. The van der Waals surface area contributed by atoms with Gasteiger partial charge in [0, 0.05) is 50.0 Å². The fourth-order valence-electron chi connectivity index (χ4n) is 4.78. The number of nitrogens with zero attached hydrogens (tertiary/aromatic N) is 2. The van der Waals surface area contributed by atoms with Gasteiger partial charge in [0.1, 0.15) is 5.75 Å². The van der Waals surface area contributed by atoms with Crippen LogP contribution in [0.4, 0.5) is 0 Å². The number of hydrogen-bond acceptors (Lipinski definition) is 4. The SMILES string of the molecule is COc1cccc(CN2[C@@H]3CNC[C@H]2C3c2ccc(-c3ccncc3)cc2)c1. The Balaban J connectivity index is 1.33. The molecule has 2 aliphatic heterocycles. The molecule has 2 aromatic carbocycles. The molecule has 4 heteroatoms. The molecule has 3 heterocycles. The Morgan fingerprint density at radius 1 is 0.964 bits per heavy atom. The highest BCUT2D eigenvalue weighted by Gasteiger charge is 2.50. The molecule has 3 atom stereocenters. The van der Waals surface area contributed by atoms with Crippen LogP contribution in [0.25, 0.3) is 11.1 Å². The highest BCUT2D eigenvalue weighted by molar-refractivity contribution is 5.63. The quantitative estimate of drug-likeness (QED) is 0.742. The second-order valence-corrected chi connectivity index (χ2v) is 7.70. The van der Waals surface area contributed by atoms with E-state index >= 15 is 0 Å². The average molecular weight is 371 g/mol. The van der Waals surface area contributed by atoms with Crippen molar-refractivity contribution in [3.8, 4) is 16.9 Å². The number of ether oxygens (including phenoxy) is 1. The van der Waals surface area contributed by atoms with Gasteiger partial charge in [-0.15, -0.1) is 0 Å². The van der Waals surface area contributed by atoms with Crippen molar-refractivity contribution in [3.05, 3.63) is 84.2 Å². The van der Waals surface area contributed by atoms with Crippen molar-refractivity contribution in [2.24, 2.45) is 0 Å². The number of piperazine rings is 1. The molecular formula is C24H25N3O. The van der Waals surface area contributed by atoms with Gasteiger partial charge in [0.15, 0.2) is 0 Å². The fraction of sp³-hybridized carbons (Fsp3) is 0.292. The van der Waals surface area contributed by atoms with Crippen LogP contribution in [0.2, 0.25) is 0 Å². The maximum atomic E-state index is 5.39. The molecule has 0 radical (unpaired) electrons. The molecule has 1 unspecified atom stereocenters. The van der Waals surface area contributed by atoms with E-state index in [2.05, 4.69) is 69.8 Å². The van der Waals surface area contributed by atoms with Gasteiger partial charge >= 0.3 is 0 Å². The van der Waals surface area contributed by atoms with E-state index in [4.69, 9.17) is 4.74 Å². The molecule has 0 aliphatic carbocycles. The molecule has 0 amide bonds. The van der Waals surface area contributed by atoms with Crippen LogP contribution in [0.5, 0.6) is 5.75 Å². The summed E-state index contributed by atoms with van der Waals surface area (Å²) in [4.78, 5) is 6.76. The van der Waals surface area contributed by atoms with Crippen LogP contribution in [-0.2, 0) is 6.54 Å². The van der Waals surface area contributed by atoms with Gasteiger partial charge in [0.05, 0.1) is 7.11 Å². The van der Waals surface area contributed by atoms with Crippen LogP contribution < -0.4 is 10.1 Å². The lowest BCUT2D eigenvalue weighted by molar-refractivity contribution is -0.0483. The molecule has 2 fully saturated rings. The smallest absolute Gasteiger partial charge is 0.119 e. The number of hydrogen-bond donors (Lipinski definition) is 1. The van der Waals surface area contributed by atoms with Crippen molar-refractivity contribution in [3.63, 3.8) is 0 Å². The third-order valence-electron chi connectivity index (χ3n) is 6.20. The third kappa shape index (κ3) is 3.09. The van der Waals surface area contributed by atoms with E-state index in [1.165, 1.54) is 22.3 Å². The zero-order valence-corrected chi connectivity index (χ0v) is 16.1. The van der Waals surface area contributed by atoms with Crippen molar-refractivity contribution in [2.45, 2.75) is 24.5 Å². The number of aromatic nitrogens is 1. The number of fused-ring (bicyclic) bond motifs is 2. The lowest BCUT2D eigenvalue weighted by atomic mass is 9.72. The predicted molar refractivity (Wildman–Crippen MR) is 111 cm³/mol. The average Bonchev–Trinajstić information content (AvgIpc) is 2.78. The Bertz CT molecular complexity index is 930. The van der Waals surface area contributed by atoms with E-state index in [1.54, 1.807) is 7.11 Å². The van der Waals surface area contributed by atoms with Gasteiger partial charge in [-0.25, -0.2) is 0 Å². The minimum atomic E-state index is 0.553. The molecule has 5 rings (SSSR count). The Kier molecular flexibility index (Phi) is 4.59. The van der Waals surface area contributed by atoms with E-state index < -0.39 is 0 Å². The van der Waals surface area contributed by atoms with Crippen LogP contribution in [-0.4, -0.2) is 42.2 Å². The third-order valence-corrected chi connectivity index (χ3v) is 6.20. The fourth-order valence-corrected chi connectivity index (χ4v) is 4.78. The first kappa shape index (κ1) is 17.4. The summed E-state index contributed by atoms with van der Waals surface area (Å²) in [5, 5.41) is 3.59. The first-order valence-corrected chi connectivity index (χ1v) is 9.93. The predicted octanol–water partition coefficient (Wildman–Crippen LogP) is 3.70. The van der Waals surface area contributed by atoms with E-state index in [0.717, 1.165) is 25.4 Å². The Morgan fingerprint density at radius 3 is 2.39 bits per heavy atom. The molecule has 1 aromatic heterocycles. The summed E-state index contributed by atoms with van der Waals surface area (Å²) < 4.78 is 5.39. The normalized spacial score (nSPS) is 23.8. The van der Waals surface area contributed by atoms with Crippen molar-refractivity contribution in [2.75, 3.05) is 20.2 Å². The minimum absolute atomic E-state index is 0.553. The monoisotopic (exact) mass is 371 g/mol. The van der Waals surface area contributed by atoms with Crippen LogP contribution in [0.3, 0.4) is 0 Å². The standard InChI is InChI=1S/C24H25N3O/c1-28-21-4-2-3-17(13-21)16-27-22-14-26-15-23(27)24(22)20-7-5-18(6-8-20)19-9-11-25-12-10-19/h2-13,22-24,26H,14-16H2,1H3/t22-,23+,24?. The van der Waals surface area contributed by atoms with Crippen molar-refractivity contribution >= 4 is 0 Å². The topological polar surface area (TPSA) is 37.4 Å². The van der Waals surface area contributed by atoms with Crippen molar-refractivity contribution in [1.82, 2.24) is 15.2 Å². The van der Waals surface area contributed by atoms with E-state index in [-0.39, 0.29) is 0 Å². The lowest BCUT2D eigenvalue weighted by Crippen LogP contribution is -2.72. The maximum absolute atomic E-state index is 5.39. The number of pyridine rings is 1. The van der Waals surface area contributed by atoms with Crippen LogP contribution in [0.15, 0.2) is 73.1 Å². The number of methoxy groups -OCH3 is 1. The Labute approximate surface area is 166 Å². The van der Waals surface area contributed by atoms with Gasteiger partial charge in [0.25, 0.3) is 0 Å². The van der Waals surface area contributed by atoms with E-state index in [0.29, 0.717) is 18.0 Å². The van der Waals surface area contributed by atoms with Crippen LogP contribution in [0.1, 0.15) is 17.0 Å². The number of nitrogens with one attached hydrogen (secondary N) is 1.